The van der Waals surface area contributed by atoms with Crippen molar-refractivity contribution in [2.45, 2.75) is 6.54 Å². The molecular weight excluding hydrogens is 317 g/mol. The van der Waals surface area contributed by atoms with Crippen LogP contribution in [0.5, 0.6) is 0 Å². The van der Waals surface area contributed by atoms with E-state index < -0.39 is 11.2 Å². The molecule has 100 valence electrons. The van der Waals surface area contributed by atoms with Crippen molar-refractivity contribution in [3.63, 3.8) is 0 Å². The van der Waals surface area contributed by atoms with Crippen LogP contribution in [0, 0.1) is 5.82 Å². The van der Waals surface area contributed by atoms with Crippen molar-refractivity contribution in [2.24, 2.45) is 0 Å². The van der Waals surface area contributed by atoms with Gasteiger partial charge in [0.2, 0.25) is 0 Å². The highest BCUT2D eigenvalue weighted by atomic mass is 79.9. The van der Waals surface area contributed by atoms with Crippen molar-refractivity contribution in [1.29, 1.82) is 0 Å². The Balaban J connectivity index is 2.00. The van der Waals surface area contributed by atoms with E-state index in [1.165, 1.54) is 22.9 Å². The fraction of sp³-hybridized carbons (Fsp3) is 0.167. The highest BCUT2D eigenvalue weighted by Crippen LogP contribution is 2.07. The number of hydrogen-bond donors (Lipinski definition) is 2. The van der Waals surface area contributed by atoms with E-state index >= 15 is 0 Å². The third-order valence-electron chi connectivity index (χ3n) is 2.49. The van der Waals surface area contributed by atoms with Crippen LogP contribution in [0.15, 0.2) is 44.5 Å². The van der Waals surface area contributed by atoms with Crippen LogP contribution in [0.1, 0.15) is 0 Å². The molecule has 7 heteroatoms. The maximum absolute atomic E-state index is 12.7. The minimum absolute atomic E-state index is 0.300. The summed E-state index contributed by atoms with van der Waals surface area (Å²) in [5.74, 6) is -0.300. The Bertz CT molecular complexity index is 679. The zero-order valence-electron chi connectivity index (χ0n) is 9.82. The van der Waals surface area contributed by atoms with E-state index in [0.29, 0.717) is 17.6 Å². The Morgan fingerprint density at radius 2 is 1.95 bits per heavy atom. The van der Waals surface area contributed by atoms with Gasteiger partial charge in [-0.25, -0.2) is 9.18 Å². The average molecular weight is 328 g/mol. The monoisotopic (exact) mass is 327 g/mol. The van der Waals surface area contributed by atoms with E-state index in [2.05, 4.69) is 26.2 Å². The van der Waals surface area contributed by atoms with Crippen molar-refractivity contribution in [3.8, 4) is 0 Å². The molecule has 0 amide bonds. The fourth-order valence-corrected chi connectivity index (χ4v) is 1.88. The summed E-state index contributed by atoms with van der Waals surface area (Å²) in [6.45, 7) is 0.857. The first-order valence-corrected chi connectivity index (χ1v) is 6.34. The normalized spacial score (nSPS) is 10.4. The van der Waals surface area contributed by atoms with Crippen LogP contribution in [-0.4, -0.2) is 16.1 Å². The summed E-state index contributed by atoms with van der Waals surface area (Å²) in [5, 5.41) is 3.05. The van der Waals surface area contributed by atoms with Crippen LogP contribution in [0.2, 0.25) is 0 Å². The molecule has 2 N–H and O–H groups in total. The second kappa shape index (κ2) is 5.83. The van der Waals surface area contributed by atoms with Gasteiger partial charge in [-0.3, -0.25) is 14.3 Å². The van der Waals surface area contributed by atoms with Crippen molar-refractivity contribution >= 4 is 21.6 Å². The van der Waals surface area contributed by atoms with Crippen molar-refractivity contribution in [1.82, 2.24) is 9.55 Å². The SMILES string of the molecule is O=c1[nH]c(=O)n(CCNc2ccc(F)cc2)cc1Br. The second-order valence-electron chi connectivity index (χ2n) is 3.86. The van der Waals surface area contributed by atoms with Crippen LogP contribution in [-0.2, 0) is 6.54 Å². The van der Waals surface area contributed by atoms with E-state index in [1.54, 1.807) is 12.1 Å². The molecule has 5 nitrogen and oxygen atoms in total. The lowest BCUT2D eigenvalue weighted by Crippen LogP contribution is -2.31. The number of nitrogens with zero attached hydrogens (tertiary/aromatic N) is 1. The Labute approximate surface area is 116 Å². The van der Waals surface area contributed by atoms with Crippen LogP contribution in [0.3, 0.4) is 0 Å². The maximum Gasteiger partial charge on any atom is 0.328 e. The molecule has 19 heavy (non-hydrogen) atoms. The van der Waals surface area contributed by atoms with E-state index in [1.807, 2.05) is 0 Å². The zero-order chi connectivity index (χ0) is 13.8. The molecular formula is C12H11BrFN3O2. The van der Waals surface area contributed by atoms with Crippen LogP contribution in [0.25, 0.3) is 0 Å². The molecule has 0 radical (unpaired) electrons. The van der Waals surface area contributed by atoms with Crippen molar-refractivity contribution in [3.05, 3.63) is 61.6 Å². The van der Waals surface area contributed by atoms with E-state index in [4.69, 9.17) is 0 Å². The van der Waals surface area contributed by atoms with E-state index in [-0.39, 0.29) is 5.82 Å². The summed E-state index contributed by atoms with van der Waals surface area (Å²) in [6, 6.07) is 5.93. The zero-order valence-corrected chi connectivity index (χ0v) is 11.4. The quantitative estimate of drug-likeness (QED) is 0.895. The van der Waals surface area contributed by atoms with Gasteiger partial charge in [0.15, 0.2) is 0 Å². The van der Waals surface area contributed by atoms with Crippen LogP contribution in [0.4, 0.5) is 10.1 Å². The summed E-state index contributed by atoms with van der Waals surface area (Å²) < 4.78 is 14.4. The topological polar surface area (TPSA) is 66.9 Å². The Morgan fingerprint density at radius 1 is 1.26 bits per heavy atom. The molecule has 1 heterocycles. The number of benzene rings is 1. The minimum atomic E-state index is -0.464. The molecule has 0 saturated heterocycles. The summed E-state index contributed by atoms with van der Waals surface area (Å²) in [6.07, 6.45) is 1.44. The van der Waals surface area contributed by atoms with E-state index in [0.717, 1.165) is 5.69 Å². The molecule has 1 aromatic carbocycles. The van der Waals surface area contributed by atoms with Gasteiger partial charge in [0, 0.05) is 25.0 Å². The predicted molar refractivity (Wildman–Crippen MR) is 73.9 cm³/mol. The first-order valence-electron chi connectivity index (χ1n) is 5.55. The Kier molecular flexibility index (Phi) is 4.16. The third kappa shape index (κ3) is 3.54. The summed E-state index contributed by atoms with van der Waals surface area (Å²) in [7, 11) is 0. The predicted octanol–water partition coefficient (Wildman–Crippen LogP) is 1.55. The van der Waals surface area contributed by atoms with Gasteiger partial charge in [-0.2, -0.15) is 0 Å². The van der Waals surface area contributed by atoms with Crippen LogP contribution >= 0.6 is 15.9 Å². The summed E-state index contributed by atoms with van der Waals surface area (Å²) in [5.41, 5.74) is -0.153. The van der Waals surface area contributed by atoms with E-state index in [9.17, 15) is 14.0 Å². The van der Waals surface area contributed by atoms with Crippen molar-refractivity contribution < 1.29 is 4.39 Å². The largest absolute Gasteiger partial charge is 0.383 e. The molecule has 0 atom stereocenters. The van der Waals surface area contributed by atoms with Gasteiger partial charge in [0.05, 0.1) is 4.47 Å². The third-order valence-corrected chi connectivity index (χ3v) is 3.06. The lowest BCUT2D eigenvalue weighted by molar-refractivity contribution is 0.627. The number of H-pyrrole nitrogens is 1. The molecule has 0 bridgehead atoms. The lowest BCUT2D eigenvalue weighted by atomic mass is 10.3. The summed E-state index contributed by atoms with van der Waals surface area (Å²) >= 11 is 3.06. The average Bonchev–Trinajstić information content (AvgIpc) is 2.38. The number of hydrogen-bond acceptors (Lipinski definition) is 3. The maximum atomic E-state index is 12.7. The molecule has 0 fully saturated rings. The Morgan fingerprint density at radius 3 is 2.63 bits per heavy atom. The van der Waals surface area contributed by atoms with Gasteiger partial charge in [0.25, 0.3) is 5.56 Å². The molecule has 0 aliphatic rings. The fourth-order valence-electron chi connectivity index (χ4n) is 1.54. The standard InChI is InChI=1S/C12H11BrFN3O2/c13-10-7-17(12(19)16-11(10)18)6-5-15-9-3-1-8(14)2-4-9/h1-4,7,15H,5-6H2,(H,16,18,19). The second-order valence-corrected chi connectivity index (χ2v) is 4.72. The number of aromatic nitrogens is 2. The van der Waals surface area contributed by atoms with Gasteiger partial charge >= 0.3 is 5.69 Å². The number of aromatic amines is 1. The van der Waals surface area contributed by atoms with Gasteiger partial charge in [-0.15, -0.1) is 0 Å². The highest BCUT2D eigenvalue weighted by molar-refractivity contribution is 9.10. The number of nitrogens with one attached hydrogen (secondary N) is 2. The molecule has 2 aromatic rings. The van der Waals surface area contributed by atoms with Gasteiger partial charge in [-0.1, -0.05) is 0 Å². The minimum Gasteiger partial charge on any atom is -0.383 e. The molecule has 0 aliphatic carbocycles. The molecule has 2 rings (SSSR count). The molecule has 0 spiro atoms. The number of halogens is 2. The number of anilines is 1. The highest BCUT2D eigenvalue weighted by Gasteiger charge is 2.01. The van der Waals surface area contributed by atoms with Gasteiger partial charge in [0.1, 0.15) is 5.82 Å². The van der Waals surface area contributed by atoms with Gasteiger partial charge < -0.3 is 5.32 Å². The lowest BCUT2D eigenvalue weighted by Gasteiger charge is -2.08. The first kappa shape index (κ1) is 13.5. The first-order chi connectivity index (χ1) is 9.06. The molecule has 0 saturated carbocycles. The number of rotatable bonds is 4. The molecule has 0 unspecified atom stereocenters. The van der Waals surface area contributed by atoms with Crippen molar-refractivity contribution in [2.75, 3.05) is 11.9 Å². The molecule has 0 aliphatic heterocycles. The van der Waals surface area contributed by atoms with Crippen LogP contribution < -0.4 is 16.6 Å². The summed E-state index contributed by atoms with van der Waals surface area (Å²) in [4.78, 5) is 24.8. The Hall–Kier alpha value is -1.89. The molecule has 1 aromatic heterocycles. The van der Waals surface area contributed by atoms with Gasteiger partial charge in [-0.05, 0) is 40.2 Å². The smallest absolute Gasteiger partial charge is 0.328 e.